The summed E-state index contributed by atoms with van der Waals surface area (Å²) in [6.45, 7) is 6.99. The number of unbranched alkanes of at least 4 members (excludes halogenated alkanes) is 5. The van der Waals surface area contributed by atoms with E-state index in [0.29, 0.717) is 6.17 Å². The van der Waals surface area contributed by atoms with Gasteiger partial charge in [-0.15, -0.1) is 0 Å². The highest BCUT2D eigenvalue weighted by atomic mass is 15.3. The van der Waals surface area contributed by atoms with Crippen molar-refractivity contribution in [2.45, 2.75) is 58.5 Å². The van der Waals surface area contributed by atoms with Crippen LogP contribution in [0.2, 0.25) is 0 Å². The molecule has 0 bridgehead atoms. The second-order valence-corrected chi connectivity index (χ2v) is 4.74. The van der Waals surface area contributed by atoms with Crippen molar-refractivity contribution in [3.05, 3.63) is 0 Å². The van der Waals surface area contributed by atoms with Crippen molar-refractivity contribution in [2.75, 3.05) is 20.1 Å². The van der Waals surface area contributed by atoms with Gasteiger partial charge in [-0.05, 0) is 6.42 Å². The van der Waals surface area contributed by atoms with Gasteiger partial charge < -0.3 is 0 Å². The molecule has 0 fully saturated rings. The fourth-order valence-corrected chi connectivity index (χ4v) is 2.17. The molecule has 1 aliphatic rings. The van der Waals surface area contributed by atoms with Crippen molar-refractivity contribution >= 4 is 6.21 Å². The van der Waals surface area contributed by atoms with Crippen molar-refractivity contribution in [1.29, 1.82) is 0 Å². The van der Waals surface area contributed by atoms with Crippen molar-refractivity contribution in [2.24, 2.45) is 0 Å². The molecular weight excluding hydrogens is 184 g/mol. The molecule has 0 saturated carbocycles. The molecule has 88 valence electrons. The minimum Gasteiger partial charge on any atom is -0.236 e. The van der Waals surface area contributed by atoms with Crippen molar-refractivity contribution in [1.82, 2.24) is 4.90 Å². The highest BCUT2D eigenvalue weighted by Gasteiger charge is 2.25. The van der Waals surface area contributed by atoms with E-state index in [4.69, 9.17) is 0 Å². The zero-order valence-corrected chi connectivity index (χ0v) is 10.7. The second kappa shape index (κ2) is 7.00. The predicted molar refractivity (Wildman–Crippen MR) is 66.7 cm³/mol. The molecule has 1 atom stereocenters. The lowest BCUT2D eigenvalue weighted by atomic mass is 10.1. The van der Waals surface area contributed by atoms with Crippen LogP contribution in [-0.2, 0) is 0 Å². The lowest BCUT2D eigenvalue weighted by Crippen LogP contribution is -2.33. The Labute approximate surface area is 95.0 Å². The van der Waals surface area contributed by atoms with Crippen LogP contribution in [0, 0.1) is 0 Å². The fourth-order valence-electron chi connectivity index (χ4n) is 2.17. The highest BCUT2D eigenvalue weighted by Crippen LogP contribution is 2.09. The Morgan fingerprint density at radius 3 is 2.47 bits per heavy atom. The van der Waals surface area contributed by atoms with Crippen LogP contribution in [0.15, 0.2) is 0 Å². The average molecular weight is 211 g/mol. The maximum atomic E-state index is 2.56. The van der Waals surface area contributed by atoms with Gasteiger partial charge in [0.25, 0.3) is 0 Å². The number of hydrogen-bond acceptors (Lipinski definition) is 1. The molecule has 0 saturated heterocycles. The molecule has 0 aromatic carbocycles. The van der Waals surface area contributed by atoms with Gasteiger partial charge in [0.2, 0.25) is 6.17 Å². The first-order valence-corrected chi connectivity index (χ1v) is 6.55. The molecule has 1 rings (SSSR count). The number of hydrogen-bond donors (Lipinski definition) is 0. The van der Waals surface area contributed by atoms with Crippen LogP contribution in [0.5, 0.6) is 0 Å². The summed E-state index contributed by atoms with van der Waals surface area (Å²) in [5.74, 6) is 0. The molecule has 1 aliphatic heterocycles. The highest BCUT2D eigenvalue weighted by molar-refractivity contribution is 5.55. The summed E-state index contributed by atoms with van der Waals surface area (Å²) in [6.07, 6.45) is 11.3. The third kappa shape index (κ3) is 4.33. The van der Waals surface area contributed by atoms with Crippen LogP contribution in [-0.4, -0.2) is 42.0 Å². The molecule has 0 N–H and O–H groups in total. The SMILES string of the molecule is CCCCCCCCN1CC=[N+](C)C1C. The van der Waals surface area contributed by atoms with E-state index < -0.39 is 0 Å². The molecule has 0 radical (unpaired) electrons. The van der Waals surface area contributed by atoms with E-state index in [9.17, 15) is 0 Å². The summed E-state index contributed by atoms with van der Waals surface area (Å²) < 4.78 is 2.32. The summed E-state index contributed by atoms with van der Waals surface area (Å²) in [5.41, 5.74) is 0. The Kier molecular flexibility index (Phi) is 5.92. The van der Waals surface area contributed by atoms with E-state index in [1.165, 1.54) is 45.1 Å². The zero-order valence-electron chi connectivity index (χ0n) is 10.7. The van der Waals surface area contributed by atoms with E-state index >= 15 is 0 Å². The van der Waals surface area contributed by atoms with E-state index in [1.807, 2.05) is 0 Å². The van der Waals surface area contributed by atoms with Gasteiger partial charge in [0.15, 0.2) is 6.21 Å². The molecule has 2 nitrogen and oxygen atoms in total. The summed E-state index contributed by atoms with van der Waals surface area (Å²) in [6, 6.07) is 0. The Hall–Kier alpha value is -0.370. The first-order valence-electron chi connectivity index (χ1n) is 6.55. The summed E-state index contributed by atoms with van der Waals surface area (Å²) in [7, 11) is 2.17. The van der Waals surface area contributed by atoms with Gasteiger partial charge in [0.1, 0.15) is 7.05 Å². The summed E-state index contributed by atoms with van der Waals surface area (Å²) in [4.78, 5) is 2.56. The van der Waals surface area contributed by atoms with E-state index in [2.05, 4.69) is 36.6 Å². The standard InChI is InChI=1S/C13H27N2/c1-4-5-6-7-8-9-10-15-12-11-14(3)13(15)2/h11,13H,4-10,12H2,1-3H3/q+1. The lowest BCUT2D eigenvalue weighted by Gasteiger charge is -2.17. The predicted octanol–water partition coefficient (Wildman–Crippen LogP) is 2.72. The Morgan fingerprint density at radius 2 is 1.87 bits per heavy atom. The Bertz CT molecular complexity index is 199. The van der Waals surface area contributed by atoms with Gasteiger partial charge in [-0.2, -0.15) is 0 Å². The average Bonchev–Trinajstić information content (AvgIpc) is 2.54. The smallest absolute Gasteiger partial charge is 0.206 e. The molecule has 2 heteroatoms. The van der Waals surface area contributed by atoms with E-state index in [1.54, 1.807) is 0 Å². The van der Waals surface area contributed by atoms with Crippen LogP contribution < -0.4 is 0 Å². The third-order valence-corrected chi connectivity index (χ3v) is 3.52. The van der Waals surface area contributed by atoms with Crippen molar-refractivity contribution < 1.29 is 4.58 Å². The minimum absolute atomic E-state index is 0.612. The van der Waals surface area contributed by atoms with Gasteiger partial charge in [-0.25, -0.2) is 9.48 Å². The normalized spacial score (nSPS) is 22.1. The van der Waals surface area contributed by atoms with Gasteiger partial charge in [-0.1, -0.05) is 39.0 Å². The molecule has 0 aromatic rings. The first kappa shape index (κ1) is 12.7. The van der Waals surface area contributed by atoms with Crippen molar-refractivity contribution in [3.63, 3.8) is 0 Å². The van der Waals surface area contributed by atoms with Gasteiger partial charge >= 0.3 is 0 Å². The quantitative estimate of drug-likeness (QED) is 0.463. The van der Waals surface area contributed by atoms with Gasteiger partial charge in [-0.3, -0.25) is 0 Å². The maximum Gasteiger partial charge on any atom is 0.206 e. The van der Waals surface area contributed by atoms with Crippen LogP contribution >= 0.6 is 0 Å². The summed E-state index contributed by atoms with van der Waals surface area (Å²) in [5, 5.41) is 0. The van der Waals surface area contributed by atoms with E-state index in [0.717, 1.165) is 6.54 Å². The minimum atomic E-state index is 0.612. The van der Waals surface area contributed by atoms with Gasteiger partial charge in [0, 0.05) is 13.5 Å². The molecule has 0 aromatic heterocycles. The van der Waals surface area contributed by atoms with Crippen LogP contribution in [0.1, 0.15) is 52.4 Å². The molecule has 1 heterocycles. The summed E-state index contributed by atoms with van der Waals surface area (Å²) >= 11 is 0. The molecule has 0 spiro atoms. The maximum absolute atomic E-state index is 2.56. The molecule has 0 amide bonds. The molecular formula is C13H27N2+. The fraction of sp³-hybridized carbons (Fsp3) is 0.923. The molecule has 0 aliphatic carbocycles. The Balaban J connectivity index is 1.97. The number of rotatable bonds is 7. The Morgan fingerprint density at radius 1 is 1.20 bits per heavy atom. The third-order valence-electron chi connectivity index (χ3n) is 3.52. The first-order chi connectivity index (χ1) is 7.25. The topological polar surface area (TPSA) is 6.25 Å². The molecule has 15 heavy (non-hydrogen) atoms. The van der Waals surface area contributed by atoms with E-state index in [-0.39, 0.29) is 0 Å². The van der Waals surface area contributed by atoms with Crippen molar-refractivity contribution in [3.8, 4) is 0 Å². The number of nitrogens with zero attached hydrogens (tertiary/aromatic N) is 2. The van der Waals surface area contributed by atoms with Crippen LogP contribution in [0.25, 0.3) is 0 Å². The van der Waals surface area contributed by atoms with Gasteiger partial charge in [0.05, 0.1) is 6.54 Å². The second-order valence-electron chi connectivity index (χ2n) is 4.74. The monoisotopic (exact) mass is 211 g/mol. The zero-order chi connectivity index (χ0) is 11.1. The van der Waals surface area contributed by atoms with Crippen LogP contribution in [0.3, 0.4) is 0 Å². The van der Waals surface area contributed by atoms with Crippen LogP contribution in [0.4, 0.5) is 0 Å². The molecule has 1 unspecified atom stereocenters. The lowest BCUT2D eigenvalue weighted by molar-refractivity contribution is -0.542. The largest absolute Gasteiger partial charge is 0.236 e.